The Balaban J connectivity index is 1.61. The van der Waals surface area contributed by atoms with Gasteiger partial charge in [0, 0.05) is 20.1 Å². The second-order valence-corrected chi connectivity index (χ2v) is 5.09. The number of piperidine rings is 1. The smallest absolute Gasteiger partial charge is 0.193 e. The van der Waals surface area contributed by atoms with Gasteiger partial charge in [-0.25, -0.2) is 0 Å². The zero-order valence-electron chi connectivity index (χ0n) is 10.6. The largest absolute Gasteiger partial charge is 0.356 e. The van der Waals surface area contributed by atoms with Crippen molar-refractivity contribution in [3.63, 3.8) is 0 Å². The van der Waals surface area contributed by atoms with Crippen LogP contribution in [0, 0.1) is 5.92 Å². The maximum Gasteiger partial charge on any atom is 0.193 e. The lowest BCUT2D eigenvalue weighted by molar-refractivity contribution is 0.213. The van der Waals surface area contributed by atoms with Gasteiger partial charge in [-0.1, -0.05) is 0 Å². The van der Waals surface area contributed by atoms with Crippen molar-refractivity contribution in [1.29, 1.82) is 0 Å². The lowest BCUT2D eigenvalue weighted by Gasteiger charge is -2.29. The number of rotatable bonds is 3. The summed E-state index contributed by atoms with van der Waals surface area (Å²) in [5.41, 5.74) is 0. The number of nitrogens with zero attached hydrogens (tertiary/aromatic N) is 3. The number of aliphatic imine (C=N–C) groups is 1. The summed E-state index contributed by atoms with van der Waals surface area (Å²) >= 11 is 0. The molecule has 0 saturated carbocycles. The Morgan fingerprint density at radius 3 is 2.62 bits per heavy atom. The number of likely N-dealkylation sites (N-methyl/N-ethyl adjacent to an activating group) is 1. The first-order chi connectivity index (χ1) is 7.75. The summed E-state index contributed by atoms with van der Waals surface area (Å²) < 4.78 is 0. The van der Waals surface area contributed by atoms with Gasteiger partial charge in [0.25, 0.3) is 0 Å². The Hall–Kier alpha value is -0.770. The van der Waals surface area contributed by atoms with Crippen LogP contribution < -0.4 is 5.32 Å². The zero-order chi connectivity index (χ0) is 11.4. The van der Waals surface area contributed by atoms with E-state index < -0.39 is 0 Å². The van der Waals surface area contributed by atoms with E-state index in [2.05, 4.69) is 34.2 Å². The Morgan fingerprint density at radius 2 is 2.00 bits per heavy atom. The van der Waals surface area contributed by atoms with Crippen molar-refractivity contribution < 1.29 is 0 Å². The van der Waals surface area contributed by atoms with Gasteiger partial charge in [0.15, 0.2) is 5.96 Å². The van der Waals surface area contributed by atoms with Crippen LogP contribution in [0.3, 0.4) is 0 Å². The second kappa shape index (κ2) is 5.53. The number of guanidine groups is 1. The van der Waals surface area contributed by atoms with E-state index in [4.69, 9.17) is 0 Å². The Bertz CT molecular complexity index is 243. The minimum atomic E-state index is 0.913. The van der Waals surface area contributed by atoms with Crippen molar-refractivity contribution >= 4 is 5.96 Å². The van der Waals surface area contributed by atoms with Gasteiger partial charge in [-0.3, -0.25) is 4.99 Å². The van der Waals surface area contributed by atoms with Crippen LogP contribution in [0.2, 0.25) is 0 Å². The number of hydrogen-bond acceptors (Lipinski definition) is 4. The van der Waals surface area contributed by atoms with Crippen molar-refractivity contribution in [3.8, 4) is 0 Å². The highest BCUT2D eigenvalue weighted by Gasteiger charge is 2.17. The van der Waals surface area contributed by atoms with E-state index in [-0.39, 0.29) is 0 Å². The summed E-state index contributed by atoms with van der Waals surface area (Å²) in [6.07, 6.45) is 4.02. The molecule has 2 heterocycles. The number of likely N-dealkylation sites (tertiary alicyclic amines) is 1. The molecule has 0 radical (unpaired) electrons. The minimum absolute atomic E-state index is 0.913. The first kappa shape index (κ1) is 11.7. The Kier molecular flexibility index (Phi) is 4.04. The highest BCUT2D eigenvalue weighted by Crippen LogP contribution is 2.18. The third-order valence-electron chi connectivity index (χ3n) is 3.73. The lowest BCUT2D eigenvalue weighted by atomic mass is 9.94. The topological polar surface area (TPSA) is 30.9 Å². The number of hydrogen-bond donors (Lipinski definition) is 1. The summed E-state index contributed by atoms with van der Waals surface area (Å²) in [5.74, 6) is 2.00. The molecular weight excluding hydrogens is 200 g/mol. The molecule has 2 aliphatic rings. The molecule has 0 bridgehead atoms. The molecule has 4 heteroatoms. The predicted molar refractivity (Wildman–Crippen MR) is 67.8 cm³/mol. The van der Waals surface area contributed by atoms with E-state index >= 15 is 0 Å². The molecule has 0 atom stereocenters. The molecule has 0 spiro atoms. The van der Waals surface area contributed by atoms with Crippen LogP contribution in [-0.4, -0.2) is 62.6 Å². The monoisotopic (exact) mass is 224 g/mol. The molecule has 1 fully saturated rings. The van der Waals surface area contributed by atoms with E-state index in [1.165, 1.54) is 32.4 Å². The van der Waals surface area contributed by atoms with Crippen LogP contribution in [0.4, 0.5) is 0 Å². The van der Waals surface area contributed by atoms with Crippen LogP contribution in [0.5, 0.6) is 0 Å². The Labute approximate surface area is 98.7 Å². The van der Waals surface area contributed by atoms with Gasteiger partial charge in [0.05, 0.1) is 6.54 Å². The van der Waals surface area contributed by atoms with Crippen LogP contribution in [0.15, 0.2) is 4.99 Å². The number of nitrogens with one attached hydrogen (secondary N) is 1. The van der Waals surface area contributed by atoms with Gasteiger partial charge >= 0.3 is 0 Å². The van der Waals surface area contributed by atoms with E-state index in [0.29, 0.717) is 0 Å². The molecule has 0 aliphatic carbocycles. The first-order valence-electron chi connectivity index (χ1n) is 6.43. The fourth-order valence-corrected chi connectivity index (χ4v) is 2.46. The molecule has 16 heavy (non-hydrogen) atoms. The van der Waals surface area contributed by atoms with Crippen molar-refractivity contribution in [2.45, 2.75) is 19.3 Å². The molecule has 2 rings (SSSR count). The van der Waals surface area contributed by atoms with Crippen LogP contribution in [0.1, 0.15) is 19.3 Å². The second-order valence-electron chi connectivity index (χ2n) is 5.09. The lowest BCUT2D eigenvalue weighted by Crippen LogP contribution is -2.37. The third kappa shape index (κ3) is 3.11. The predicted octanol–water partition coefficient (Wildman–Crippen LogP) is 0.609. The quantitative estimate of drug-likeness (QED) is 0.762. The molecule has 0 unspecified atom stereocenters. The molecule has 92 valence electrons. The Morgan fingerprint density at radius 1 is 1.25 bits per heavy atom. The normalized spacial score (nSPS) is 23.6. The fourth-order valence-electron chi connectivity index (χ4n) is 2.46. The molecule has 4 nitrogen and oxygen atoms in total. The molecule has 0 amide bonds. The minimum Gasteiger partial charge on any atom is -0.356 e. The summed E-state index contributed by atoms with van der Waals surface area (Å²) in [5, 5.41) is 3.45. The maximum absolute atomic E-state index is 4.43. The van der Waals surface area contributed by atoms with Crippen LogP contribution in [-0.2, 0) is 0 Å². The van der Waals surface area contributed by atoms with E-state index in [9.17, 15) is 0 Å². The van der Waals surface area contributed by atoms with Crippen molar-refractivity contribution in [2.24, 2.45) is 10.9 Å². The van der Waals surface area contributed by atoms with Gasteiger partial charge in [0.1, 0.15) is 0 Å². The SMILES string of the molecule is CN1CCC(CCNC2=NCCN2C)CC1. The summed E-state index contributed by atoms with van der Waals surface area (Å²) in [4.78, 5) is 9.07. The van der Waals surface area contributed by atoms with Gasteiger partial charge in [0.2, 0.25) is 0 Å². The third-order valence-corrected chi connectivity index (χ3v) is 3.73. The van der Waals surface area contributed by atoms with E-state index in [1.54, 1.807) is 0 Å². The van der Waals surface area contributed by atoms with Gasteiger partial charge in [-0.15, -0.1) is 0 Å². The van der Waals surface area contributed by atoms with Crippen LogP contribution >= 0.6 is 0 Å². The fraction of sp³-hybridized carbons (Fsp3) is 0.917. The molecule has 0 aromatic carbocycles. The summed E-state index contributed by atoms with van der Waals surface area (Å²) in [6.45, 7) is 5.64. The molecular formula is C12H24N4. The van der Waals surface area contributed by atoms with Gasteiger partial charge < -0.3 is 15.1 Å². The molecule has 0 aromatic rings. The highest BCUT2D eigenvalue weighted by molar-refractivity contribution is 5.81. The molecule has 2 aliphatic heterocycles. The van der Waals surface area contributed by atoms with Crippen LogP contribution in [0.25, 0.3) is 0 Å². The molecule has 1 N–H and O–H groups in total. The average molecular weight is 224 g/mol. The first-order valence-corrected chi connectivity index (χ1v) is 6.43. The van der Waals surface area contributed by atoms with Crippen molar-refractivity contribution in [3.05, 3.63) is 0 Å². The standard InChI is InChI=1S/C12H24N4/c1-15-8-4-11(5-9-15)3-6-13-12-14-7-10-16(12)2/h11H,3-10H2,1-2H3,(H,13,14). The van der Waals surface area contributed by atoms with Crippen molar-refractivity contribution in [2.75, 3.05) is 46.8 Å². The zero-order valence-corrected chi connectivity index (χ0v) is 10.6. The molecule has 1 saturated heterocycles. The van der Waals surface area contributed by atoms with E-state index in [0.717, 1.165) is 31.5 Å². The maximum atomic E-state index is 4.43. The highest BCUT2D eigenvalue weighted by atomic mass is 15.3. The van der Waals surface area contributed by atoms with E-state index in [1.807, 2.05) is 0 Å². The van der Waals surface area contributed by atoms with Gasteiger partial charge in [-0.2, -0.15) is 0 Å². The summed E-state index contributed by atoms with van der Waals surface area (Å²) in [7, 11) is 4.32. The van der Waals surface area contributed by atoms with Crippen molar-refractivity contribution in [1.82, 2.24) is 15.1 Å². The summed E-state index contributed by atoms with van der Waals surface area (Å²) in [6, 6.07) is 0. The molecule has 0 aromatic heterocycles. The average Bonchev–Trinajstić information content (AvgIpc) is 2.68. The van der Waals surface area contributed by atoms with Gasteiger partial charge in [-0.05, 0) is 45.3 Å².